The van der Waals surface area contributed by atoms with Gasteiger partial charge in [-0.1, -0.05) is 36.4 Å². The van der Waals surface area contributed by atoms with Crippen LogP contribution in [0, 0.1) is 0 Å². The number of para-hydroxylation sites is 2. The molecular formula is C20H24ClN3O2. The van der Waals surface area contributed by atoms with Crippen LogP contribution in [0.25, 0.3) is 10.9 Å². The van der Waals surface area contributed by atoms with E-state index in [4.69, 9.17) is 10.5 Å². The van der Waals surface area contributed by atoms with Gasteiger partial charge in [-0.3, -0.25) is 4.79 Å². The van der Waals surface area contributed by atoms with Gasteiger partial charge in [0.15, 0.2) is 0 Å². The molecule has 0 saturated heterocycles. The fourth-order valence-electron chi connectivity index (χ4n) is 2.84. The van der Waals surface area contributed by atoms with Gasteiger partial charge in [-0.2, -0.15) is 0 Å². The lowest BCUT2D eigenvalue weighted by molar-refractivity contribution is -0.131. The number of fused-ring (bicyclic) bond motifs is 1. The van der Waals surface area contributed by atoms with Crippen LogP contribution in [0.2, 0.25) is 0 Å². The highest BCUT2D eigenvalue weighted by molar-refractivity contribution is 5.86. The first-order valence-electron chi connectivity index (χ1n) is 8.38. The van der Waals surface area contributed by atoms with E-state index in [2.05, 4.69) is 4.98 Å². The van der Waals surface area contributed by atoms with Crippen molar-refractivity contribution in [2.45, 2.75) is 12.5 Å². The summed E-state index contributed by atoms with van der Waals surface area (Å²) in [5, 5.41) is 1.11. The van der Waals surface area contributed by atoms with Crippen molar-refractivity contribution in [1.82, 2.24) is 9.88 Å². The Labute approximate surface area is 159 Å². The second-order valence-electron chi connectivity index (χ2n) is 6.09. The highest BCUT2D eigenvalue weighted by Gasteiger charge is 2.19. The summed E-state index contributed by atoms with van der Waals surface area (Å²) in [6, 6.07) is 17.0. The first kappa shape index (κ1) is 19.8. The fourth-order valence-corrected chi connectivity index (χ4v) is 2.84. The Bertz CT molecular complexity index is 835. The number of aromatic amines is 1. The molecule has 1 atom stereocenters. The quantitative estimate of drug-likeness (QED) is 0.668. The number of carbonyl (C=O) groups excluding carboxylic acids is 1. The largest absolute Gasteiger partial charge is 0.492 e. The molecule has 0 unspecified atom stereocenters. The van der Waals surface area contributed by atoms with Crippen LogP contribution < -0.4 is 10.5 Å². The number of hydrogen-bond acceptors (Lipinski definition) is 3. The number of benzene rings is 2. The molecule has 5 nitrogen and oxygen atoms in total. The number of aromatic nitrogens is 1. The number of halogens is 1. The van der Waals surface area contributed by atoms with E-state index in [0.717, 1.165) is 22.2 Å². The fraction of sp³-hybridized carbons (Fsp3) is 0.250. The van der Waals surface area contributed by atoms with Gasteiger partial charge < -0.3 is 20.4 Å². The Hall–Kier alpha value is -2.50. The van der Waals surface area contributed by atoms with E-state index in [9.17, 15) is 4.79 Å². The van der Waals surface area contributed by atoms with Crippen molar-refractivity contribution in [3.63, 3.8) is 0 Å². The minimum atomic E-state index is -0.569. The maximum absolute atomic E-state index is 12.5. The normalized spacial score (nSPS) is 11.6. The third kappa shape index (κ3) is 4.77. The number of H-pyrrole nitrogens is 1. The van der Waals surface area contributed by atoms with Crippen LogP contribution in [0.4, 0.5) is 0 Å². The molecule has 1 heterocycles. The lowest BCUT2D eigenvalue weighted by Gasteiger charge is -2.21. The van der Waals surface area contributed by atoms with Crippen molar-refractivity contribution in [3.8, 4) is 5.75 Å². The van der Waals surface area contributed by atoms with Gasteiger partial charge in [0.1, 0.15) is 12.4 Å². The summed E-state index contributed by atoms with van der Waals surface area (Å²) in [6.07, 6.45) is 2.43. The molecule has 0 bridgehead atoms. The zero-order chi connectivity index (χ0) is 17.6. The minimum Gasteiger partial charge on any atom is -0.492 e. The first-order valence-corrected chi connectivity index (χ1v) is 8.38. The van der Waals surface area contributed by atoms with Crippen molar-refractivity contribution in [3.05, 3.63) is 66.4 Å². The maximum Gasteiger partial charge on any atom is 0.239 e. The van der Waals surface area contributed by atoms with Gasteiger partial charge in [0, 0.05) is 24.1 Å². The smallest absolute Gasteiger partial charge is 0.239 e. The number of nitrogens with two attached hydrogens (primary N) is 1. The standard InChI is InChI=1S/C20H23N3O2.ClH/c1-23(11-12-25-16-7-3-2-4-8-16)20(24)18(21)13-15-14-22-19-10-6-5-9-17(15)19;/h2-10,14,18,22H,11-13,21H2,1H3;1H/t18-;/m0./s1. The van der Waals surface area contributed by atoms with Crippen LogP contribution in [0.3, 0.4) is 0 Å². The summed E-state index contributed by atoms with van der Waals surface area (Å²) < 4.78 is 5.63. The molecule has 138 valence electrons. The van der Waals surface area contributed by atoms with Crippen LogP contribution >= 0.6 is 12.4 Å². The zero-order valence-electron chi connectivity index (χ0n) is 14.7. The molecule has 0 aliphatic rings. The average Bonchev–Trinajstić information content (AvgIpc) is 3.05. The molecule has 1 amide bonds. The third-order valence-electron chi connectivity index (χ3n) is 4.25. The SMILES string of the molecule is CN(CCOc1ccccc1)C(=O)[C@@H](N)Cc1c[nH]c2ccccc12.Cl. The Kier molecular flexibility index (Phi) is 7.06. The number of carbonyl (C=O) groups is 1. The van der Waals surface area contributed by atoms with E-state index in [-0.39, 0.29) is 18.3 Å². The Morgan fingerprint density at radius 1 is 1.15 bits per heavy atom. The first-order chi connectivity index (χ1) is 12.1. The molecular weight excluding hydrogens is 350 g/mol. The Balaban J connectivity index is 0.00000243. The van der Waals surface area contributed by atoms with Crippen LogP contribution in [-0.4, -0.2) is 42.0 Å². The molecule has 0 radical (unpaired) electrons. The molecule has 3 N–H and O–H groups in total. The van der Waals surface area contributed by atoms with Crippen molar-refractivity contribution in [2.75, 3.05) is 20.2 Å². The number of nitrogens with zero attached hydrogens (tertiary/aromatic N) is 1. The summed E-state index contributed by atoms with van der Waals surface area (Å²) in [7, 11) is 1.76. The summed E-state index contributed by atoms with van der Waals surface area (Å²) in [4.78, 5) is 17.3. The Morgan fingerprint density at radius 3 is 2.62 bits per heavy atom. The summed E-state index contributed by atoms with van der Waals surface area (Å²) in [5.74, 6) is 0.716. The lowest BCUT2D eigenvalue weighted by atomic mass is 10.0. The van der Waals surface area contributed by atoms with Crippen LogP contribution in [-0.2, 0) is 11.2 Å². The van der Waals surface area contributed by atoms with Gasteiger partial charge in [-0.05, 0) is 30.2 Å². The van der Waals surface area contributed by atoms with E-state index in [1.54, 1.807) is 11.9 Å². The van der Waals surface area contributed by atoms with Crippen molar-refractivity contribution in [1.29, 1.82) is 0 Å². The number of amides is 1. The molecule has 6 heteroatoms. The summed E-state index contributed by atoms with van der Waals surface area (Å²) in [6.45, 7) is 0.932. The highest BCUT2D eigenvalue weighted by Crippen LogP contribution is 2.19. The van der Waals surface area contributed by atoms with Gasteiger partial charge in [0.2, 0.25) is 5.91 Å². The molecule has 0 aliphatic heterocycles. The van der Waals surface area contributed by atoms with E-state index >= 15 is 0 Å². The van der Waals surface area contributed by atoms with E-state index in [1.165, 1.54) is 0 Å². The van der Waals surface area contributed by atoms with Crippen molar-refractivity contribution in [2.24, 2.45) is 5.73 Å². The molecule has 2 aromatic carbocycles. The maximum atomic E-state index is 12.5. The van der Waals surface area contributed by atoms with E-state index in [0.29, 0.717) is 19.6 Å². The van der Waals surface area contributed by atoms with Crippen LogP contribution in [0.15, 0.2) is 60.8 Å². The number of hydrogen-bond donors (Lipinski definition) is 2. The molecule has 3 aromatic rings. The van der Waals surface area contributed by atoms with Crippen molar-refractivity contribution >= 4 is 29.2 Å². The highest BCUT2D eigenvalue weighted by atomic mass is 35.5. The number of rotatable bonds is 7. The second kappa shape index (κ2) is 9.27. The van der Waals surface area contributed by atoms with Crippen LogP contribution in [0.1, 0.15) is 5.56 Å². The molecule has 1 aromatic heterocycles. The Morgan fingerprint density at radius 2 is 1.85 bits per heavy atom. The monoisotopic (exact) mass is 373 g/mol. The number of likely N-dealkylation sites (N-methyl/N-ethyl adjacent to an activating group) is 1. The van der Waals surface area contributed by atoms with Gasteiger partial charge in [0.05, 0.1) is 12.6 Å². The van der Waals surface area contributed by atoms with Gasteiger partial charge in [-0.25, -0.2) is 0 Å². The lowest BCUT2D eigenvalue weighted by Crippen LogP contribution is -2.44. The summed E-state index contributed by atoms with van der Waals surface area (Å²) in [5.41, 5.74) is 8.26. The van der Waals surface area contributed by atoms with Crippen LogP contribution in [0.5, 0.6) is 5.75 Å². The third-order valence-corrected chi connectivity index (χ3v) is 4.25. The van der Waals surface area contributed by atoms with Gasteiger partial charge in [0.25, 0.3) is 0 Å². The molecule has 3 rings (SSSR count). The topological polar surface area (TPSA) is 71.3 Å². The predicted molar refractivity (Wildman–Crippen MR) is 107 cm³/mol. The van der Waals surface area contributed by atoms with Gasteiger partial charge >= 0.3 is 0 Å². The van der Waals surface area contributed by atoms with Gasteiger partial charge in [-0.15, -0.1) is 12.4 Å². The number of ether oxygens (including phenoxy) is 1. The average molecular weight is 374 g/mol. The second-order valence-corrected chi connectivity index (χ2v) is 6.09. The number of nitrogens with one attached hydrogen (secondary N) is 1. The zero-order valence-corrected chi connectivity index (χ0v) is 15.5. The van der Waals surface area contributed by atoms with Crippen molar-refractivity contribution < 1.29 is 9.53 Å². The van der Waals surface area contributed by atoms with E-state index in [1.807, 2.05) is 60.8 Å². The summed E-state index contributed by atoms with van der Waals surface area (Å²) >= 11 is 0. The molecule has 0 saturated carbocycles. The molecule has 0 fully saturated rings. The predicted octanol–water partition coefficient (Wildman–Crippen LogP) is 3.00. The molecule has 0 spiro atoms. The minimum absolute atomic E-state index is 0. The molecule has 0 aliphatic carbocycles. The molecule has 26 heavy (non-hydrogen) atoms. The van der Waals surface area contributed by atoms with E-state index < -0.39 is 6.04 Å².